The highest BCUT2D eigenvalue weighted by molar-refractivity contribution is 7.98. The molecule has 0 radical (unpaired) electrons. The standard InChI is InChI=1S/C15H14N2OS/c1-18-13-5-6-14-11(8-13)9-15(17-14)19-10-12-4-2-3-7-16-12/h2-9,17H,10H2,1H3. The molecule has 1 N–H and O–H groups in total. The minimum absolute atomic E-state index is 0.866. The van der Waals surface area contributed by atoms with Gasteiger partial charge in [-0.2, -0.15) is 0 Å². The zero-order valence-corrected chi connectivity index (χ0v) is 11.4. The van der Waals surface area contributed by atoms with Gasteiger partial charge in [0.2, 0.25) is 0 Å². The summed E-state index contributed by atoms with van der Waals surface area (Å²) in [5.74, 6) is 1.75. The Kier molecular flexibility index (Phi) is 3.42. The molecule has 2 aromatic heterocycles. The lowest BCUT2D eigenvalue weighted by Crippen LogP contribution is -1.84. The Labute approximate surface area is 116 Å². The molecule has 0 bridgehead atoms. The van der Waals surface area contributed by atoms with Gasteiger partial charge in [-0.05, 0) is 36.4 Å². The van der Waals surface area contributed by atoms with E-state index >= 15 is 0 Å². The van der Waals surface area contributed by atoms with E-state index in [9.17, 15) is 0 Å². The number of hydrogen-bond acceptors (Lipinski definition) is 3. The van der Waals surface area contributed by atoms with Crippen LogP contribution in [0.2, 0.25) is 0 Å². The van der Waals surface area contributed by atoms with Gasteiger partial charge >= 0.3 is 0 Å². The maximum absolute atomic E-state index is 5.23. The van der Waals surface area contributed by atoms with Crippen LogP contribution < -0.4 is 4.74 Å². The van der Waals surface area contributed by atoms with Crippen LogP contribution in [-0.2, 0) is 5.75 Å². The van der Waals surface area contributed by atoms with Crippen molar-refractivity contribution in [1.29, 1.82) is 0 Å². The number of aromatic nitrogens is 2. The van der Waals surface area contributed by atoms with Crippen molar-refractivity contribution in [3.05, 3.63) is 54.4 Å². The van der Waals surface area contributed by atoms with Crippen LogP contribution in [0.3, 0.4) is 0 Å². The zero-order valence-electron chi connectivity index (χ0n) is 10.6. The Hall–Kier alpha value is -1.94. The van der Waals surface area contributed by atoms with Crippen molar-refractivity contribution < 1.29 is 4.74 Å². The third-order valence-corrected chi connectivity index (χ3v) is 3.88. The molecule has 4 heteroatoms. The van der Waals surface area contributed by atoms with E-state index in [2.05, 4.69) is 16.0 Å². The molecule has 19 heavy (non-hydrogen) atoms. The van der Waals surface area contributed by atoms with Crippen LogP contribution in [-0.4, -0.2) is 17.1 Å². The second-order valence-corrected chi connectivity index (χ2v) is 5.21. The minimum Gasteiger partial charge on any atom is -0.497 e. The number of benzene rings is 1. The van der Waals surface area contributed by atoms with Gasteiger partial charge in [0.25, 0.3) is 0 Å². The average molecular weight is 270 g/mol. The van der Waals surface area contributed by atoms with Crippen molar-refractivity contribution in [3.63, 3.8) is 0 Å². The molecule has 0 unspecified atom stereocenters. The molecule has 0 aliphatic carbocycles. The van der Waals surface area contributed by atoms with Crippen molar-refractivity contribution in [2.45, 2.75) is 10.8 Å². The van der Waals surface area contributed by atoms with Crippen LogP contribution in [0.4, 0.5) is 0 Å². The van der Waals surface area contributed by atoms with Gasteiger partial charge < -0.3 is 9.72 Å². The predicted molar refractivity (Wildman–Crippen MR) is 78.6 cm³/mol. The van der Waals surface area contributed by atoms with Crippen LogP contribution in [0.15, 0.2) is 53.7 Å². The monoisotopic (exact) mass is 270 g/mol. The van der Waals surface area contributed by atoms with Crippen molar-refractivity contribution in [2.75, 3.05) is 7.11 Å². The van der Waals surface area contributed by atoms with Gasteiger partial charge in [-0.1, -0.05) is 6.07 Å². The molecule has 1 aromatic carbocycles. The first-order valence-corrected chi connectivity index (χ1v) is 7.03. The van der Waals surface area contributed by atoms with Crippen LogP contribution in [0.25, 0.3) is 10.9 Å². The van der Waals surface area contributed by atoms with Crippen molar-refractivity contribution in [2.24, 2.45) is 0 Å². The van der Waals surface area contributed by atoms with Gasteiger partial charge in [-0.15, -0.1) is 11.8 Å². The quantitative estimate of drug-likeness (QED) is 0.731. The van der Waals surface area contributed by atoms with E-state index in [1.807, 2.05) is 42.6 Å². The molecule has 3 aromatic rings. The number of aromatic amines is 1. The fourth-order valence-electron chi connectivity index (χ4n) is 1.92. The first kappa shape index (κ1) is 12.1. The molecule has 0 spiro atoms. The molecule has 0 atom stereocenters. The number of fused-ring (bicyclic) bond motifs is 1. The Bertz CT molecular complexity index is 679. The Morgan fingerprint density at radius 2 is 2.16 bits per heavy atom. The molecule has 0 fully saturated rings. The predicted octanol–water partition coefficient (Wildman–Crippen LogP) is 3.86. The van der Waals surface area contributed by atoms with Gasteiger partial charge in [0, 0.05) is 22.9 Å². The summed E-state index contributed by atoms with van der Waals surface area (Å²) in [5, 5.41) is 2.32. The van der Waals surface area contributed by atoms with Gasteiger partial charge in [0.15, 0.2) is 0 Å². The van der Waals surface area contributed by atoms with Crippen LogP contribution >= 0.6 is 11.8 Å². The highest BCUT2D eigenvalue weighted by atomic mass is 32.2. The maximum Gasteiger partial charge on any atom is 0.119 e. The van der Waals surface area contributed by atoms with Gasteiger partial charge in [-0.3, -0.25) is 4.98 Å². The normalized spacial score (nSPS) is 10.8. The molecule has 0 amide bonds. The molecular weight excluding hydrogens is 256 g/mol. The highest BCUT2D eigenvalue weighted by Gasteiger charge is 2.03. The first-order chi connectivity index (χ1) is 9.35. The summed E-state index contributed by atoms with van der Waals surface area (Å²) < 4.78 is 5.23. The van der Waals surface area contributed by atoms with Gasteiger partial charge in [0.1, 0.15) is 5.75 Å². The van der Waals surface area contributed by atoms with Gasteiger partial charge in [-0.25, -0.2) is 0 Å². The summed E-state index contributed by atoms with van der Waals surface area (Å²) in [5.41, 5.74) is 2.22. The fourth-order valence-corrected chi connectivity index (χ4v) is 2.79. The number of nitrogens with zero attached hydrogens (tertiary/aromatic N) is 1. The summed E-state index contributed by atoms with van der Waals surface area (Å²) in [6.07, 6.45) is 1.83. The molecule has 96 valence electrons. The maximum atomic E-state index is 5.23. The van der Waals surface area contributed by atoms with E-state index in [-0.39, 0.29) is 0 Å². The van der Waals surface area contributed by atoms with E-state index in [1.54, 1.807) is 18.9 Å². The van der Waals surface area contributed by atoms with E-state index in [0.717, 1.165) is 27.7 Å². The van der Waals surface area contributed by atoms with Crippen molar-refractivity contribution >= 4 is 22.7 Å². The Morgan fingerprint density at radius 1 is 1.21 bits per heavy atom. The summed E-state index contributed by atoms with van der Waals surface area (Å²) in [7, 11) is 1.69. The third-order valence-electron chi connectivity index (χ3n) is 2.90. The van der Waals surface area contributed by atoms with Gasteiger partial charge in [0.05, 0.1) is 17.8 Å². The number of thioether (sulfide) groups is 1. The van der Waals surface area contributed by atoms with Crippen molar-refractivity contribution in [1.82, 2.24) is 9.97 Å². The van der Waals surface area contributed by atoms with E-state index < -0.39 is 0 Å². The molecule has 3 nitrogen and oxygen atoms in total. The molecule has 0 aliphatic heterocycles. The second kappa shape index (κ2) is 5.36. The molecule has 2 heterocycles. The third kappa shape index (κ3) is 2.74. The largest absolute Gasteiger partial charge is 0.497 e. The zero-order chi connectivity index (χ0) is 13.1. The summed E-state index contributed by atoms with van der Waals surface area (Å²) in [6, 6.07) is 14.2. The fraction of sp³-hybridized carbons (Fsp3) is 0.133. The summed E-state index contributed by atoms with van der Waals surface area (Å²) in [6.45, 7) is 0. The lowest BCUT2D eigenvalue weighted by atomic mass is 10.2. The highest BCUT2D eigenvalue weighted by Crippen LogP contribution is 2.27. The number of nitrogens with one attached hydrogen (secondary N) is 1. The lowest BCUT2D eigenvalue weighted by Gasteiger charge is -1.97. The van der Waals surface area contributed by atoms with Crippen LogP contribution in [0, 0.1) is 0 Å². The molecule has 0 saturated heterocycles. The average Bonchev–Trinajstić information content (AvgIpc) is 2.88. The number of H-pyrrole nitrogens is 1. The molecular formula is C15H14N2OS. The van der Waals surface area contributed by atoms with Crippen molar-refractivity contribution in [3.8, 4) is 5.75 Å². The van der Waals surface area contributed by atoms with E-state index in [4.69, 9.17) is 4.74 Å². The lowest BCUT2D eigenvalue weighted by molar-refractivity contribution is 0.415. The summed E-state index contributed by atoms with van der Waals surface area (Å²) >= 11 is 1.75. The van der Waals surface area contributed by atoms with Crippen LogP contribution in [0.5, 0.6) is 5.75 Å². The Balaban J connectivity index is 1.78. The van der Waals surface area contributed by atoms with E-state index in [1.165, 1.54) is 5.39 Å². The molecule has 3 rings (SSSR count). The van der Waals surface area contributed by atoms with E-state index in [0.29, 0.717) is 0 Å². The molecule has 0 aliphatic rings. The Morgan fingerprint density at radius 3 is 2.95 bits per heavy atom. The molecule has 0 saturated carbocycles. The smallest absolute Gasteiger partial charge is 0.119 e. The number of methoxy groups -OCH3 is 1. The number of rotatable bonds is 4. The topological polar surface area (TPSA) is 37.9 Å². The second-order valence-electron chi connectivity index (χ2n) is 4.20. The number of hydrogen-bond donors (Lipinski definition) is 1. The minimum atomic E-state index is 0.866. The first-order valence-electron chi connectivity index (χ1n) is 6.04. The summed E-state index contributed by atoms with van der Waals surface area (Å²) in [4.78, 5) is 7.72. The van der Waals surface area contributed by atoms with Crippen LogP contribution in [0.1, 0.15) is 5.69 Å². The SMILES string of the molecule is COc1ccc2[nH]c(SCc3ccccn3)cc2c1. The number of pyridine rings is 1. The number of ether oxygens (including phenoxy) is 1.